The Bertz CT molecular complexity index is 461. The largest absolute Gasteiger partial charge is 0.369 e. The first-order valence-corrected chi connectivity index (χ1v) is 7.02. The van der Waals surface area contributed by atoms with E-state index >= 15 is 0 Å². The highest BCUT2D eigenvalue weighted by atomic mass is 16.5. The molecule has 2 aliphatic rings. The summed E-state index contributed by atoms with van der Waals surface area (Å²) in [5.74, 6) is 1.91. The Morgan fingerprint density at radius 3 is 2.63 bits per heavy atom. The van der Waals surface area contributed by atoms with Crippen LogP contribution in [-0.2, 0) is 4.79 Å². The molecule has 1 saturated heterocycles. The van der Waals surface area contributed by atoms with Crippen molar-refractivity contribution in [2.75, 3.05) is 13.1 Å². The van der Waals surface area contributed by atoms with Crippen molar-refractivity contribution in [1.29, 1.82) is 0 Å². The number of hydrogen-bond acceptors (Lipinski definition) is 5. The van der Waals surface area contributed by atoms with E-state index in [0.717, 1.165) is 31.8 Å². The van der Waals surface area contributed by atoms with E-state index in [1.165, 1.54) is 12.8 Å². The fourth-order valence-electron chi connectivity index (χ4n) is 2.65. The van der Waals surface area contributed by atoms with Crippen molar-refractivity contribution in [1.82, 2.24) is 15.0 Å². The molecule has 2 fully saturated rings. The number of hydrogen-bond donors (Lipinski definition) is 1. The summed E-state index contributed by atoms with van der Waals surface area (Å²) >= 11 is 0. The van der Waals surface area contributed by atoms with Gasteiger partial charge in [-0.05, 0) is 45.7 Å². The molecule has 1 atom stereocenters. The SMILES string of the molecule is CC(c1nc(C2CC2)no1)N1CCC(C(N)=O)CC1. The van der Waals surface area contributed by atoms with E-state index < -0.39 is 0 Å². The van der Waals surface area contributed by atoms with Crippen molar-refractivity contribution in [3.8, 4) is 0 Å². The van der Waals surface area contributed by atoms with Crippen LogP contribution in [0.2, 0.25) is 0 Å². The second-order valence-corrected chi connectivity index (χ2v) is 5.65. The lowest BCUT2D eigenvalue weighted by molar-refractivity contribution is -0.123. The van der Waals surface area contributed by atoms with Gasteiger partial charge >= 0.3 is 0 Å². The predicted octanol–water partition coefficient (Wildman–Crippen LogP) is 1.21. The van der Waals surface area contributed by atoms with Gasteiger partial charge in [-0.3, -0.25) is 9.69 Å². The second-order valence-electron chi connectivity index (χ2n) is 5.65. The maximum atomic E-state index is 11.1. The number of nitrogens with two attached hydrogens (primary N) is 1. The van der Waals surface area contributed by atoms with Crippen molar-refractivity contribution in [3.63, 3.8) is 0 Å². The molecule has 104 valence electrons. The van der Waals surface area contributed by atoms with Crippen LogP contribution in [0.1, 0.15) is 56.3 Å². The Morgan fingerprint density at radius 1 is 1.37 bits per heavy atom. The van der Waals surface area contributed by atoms with Gasteiger partial charge in [-0.15, -0.1) is 0 Å². The van der Waals surface area contributed by atoms with Crippen molar-refractivity contribution in [2.24, 2.45) is 11.7 Å². The fraction of sp³-hybridized carbons (Fsp3) is 0.769. The second kappa shape index (κ2) is 4.92. The summed E-state index contributed by atoms with van der Waals surface area (Å²) in [6, 6.07) is 0.119. The van der Waals surface area contributed by atoms with Crippen LogP contribution in [-0.4, -0.2) is 34.0 Å². The summed E-state index contributed by atoms with van der Waals surface area (Å²) in [5, 5.41) is 4.05. The Hall–Kier alpha value is -1.43. The van der Waals surface area contributed by atoms with E-state index in [1.54, 1.807) is 0 Å². The van der Waals surface area contributed by atoms with Crippen LogP contribution in [0.5, 0.6) is 0 Å². The molecule has 0 bridgehead atoms. The number of likely N-dealkylation sites (tertiary alicyclic amines) is 1. The monoisotopic (exact) mass is 264 g/mol. The quantitative estimate of drug-likeness (QED) is 0.883. The smallest absolute Gasteiger partial charge is 0.243 e. The van der Waals surface area contributed by atoms with Crippen LogP contribution in [0.15, 0.2) is 4.52 Å². The zero-order valence-corrected chi connectivity index (χ0v) is 11.2. The average molecular weight is 264 g/mol. The number of aromatic nitrogens is 2. The molecular weight excluding hydrogens is 244 g/mol. The minimum absolute atomic E-state index is 0.0214. The molecule has 19 heavy (non-hydrogen) atoms. The van der Waals surface area contributed by atoms with Crippen LogP contribution in [0, 0.1) is 5.92 Å². The molecule has 1 unspecified atom stereocenters. The molecule has 1 saturated carbocycles. The highest BCUT2D eigenvalue weighted by Crippen LogP contribution is 2.38. The molecule has 2 N–H and O–H groups in total. The fourth-order valence-corrected chi connectivity index (χ4v) is 2.65. The predicted molar refractivity (Wildman–Crippen MR) is 68.2 cm³/mol. The first-order chi connectivity index (χ1) is 9.15. The average Bonchev–Trinajstić information content (AvgIpc) is 3.16. The molecule has 0 spiro atoms. The van der Waals surface area contributed by atoms with Crippen molar-refractivity contribution in [2.45, 2.75) is 44.6 Å². The molecule has 0 aromatic carbocycles. The summed E-state index contributed by atoms with van der Waals surface area (Å²) in [6.45, 7) is 3.79. The summed E-state index contributed by atoms with van der Waals surface area (Å²) in [4.78, 5) is 17.9. The normalized spacial score (nSPS) is 23.4. The van der Waals surface area contributed by atoms with E-state index in [0.29, 0.717) is 11.8 Å². The third-order valence-corrected chi connectivity index (χ3v) is 4.24. The highest BCUT2D eigenvalue weighted by Gasteiger charge is 2.32. The van der Waals surface area contributed by atoms with Crippen LogP contribution >= 0.6 is 0 Å². The molecule has 2 heterocycles. The molecule has 1 aliphatic carbocycles. The number of rotatable bonds is 4. The topological polar surface area (TPSA) is 85.2 Å². The minimum atomic E-state index is -0.180. The number of primary amides is 1. The van der Waals surface area contributed by atoms with Gasteiger partial charge in [0, 0.05) is 11.8 Å². The molecule has 0 radical (unpaired) electrons. The molecule has 6 nitrogen and oxygen atoms in total. The summed E-state index contributed by atoms with van der Waals surface area (Å²) in [6.07, 6.45) is 4.00. The molecule has 1 aliphatic heterocycles. The molecule has 6 heteroatoms. The summed E-state index contributed by atoms with van der Waals surface area (Å²) < 4.78 is 5.36. The Balaban J connectivity index is 1.60. The highest BCUT2D eigenvalue weighted by molar-refractivity contribution is 5.76. The van der Waals surface area contributed by atoms with Crippen molar-refractivity contribution < 1.29 is 9.32 Å². The number of carbonyl (C=O) groups is 1. The van der Waals surface area contributed by atoms with Crippen molar-refractivity contribution in [3.05, 3.63) is 11.7 Å². The molecule has 1 aromatic heterocycles. The lowest BCUT2D eigenvalue weighted by Crippen LogP contribution is -2.39. The van der Waals surface area contributed by atoms with Gasteiger partial charge in [0.25, 0.3) is 0 Å². The van der Waals surface area contributed by atoms with E-state index in [9.17, 15) is 4.79 Å². The number of carbonyl (C=O) groups excluding carboxylic acids is 1. The first kappa shape index (κ1) is 12.6. The standard InChI is InChI=1S/C13H20N4O2/c1-8(13-15-12(16-19-13)10-2-3-10)17-6-4-9(5-7-17)11(14)18/h8-10H,2-7H2,1H3,(H2,14,18). The number of nitrogens with zero attached hydrogens (tertiary/aromatic N) is 3. The zero-order valence-electron chi connectivity index (χ0n) is 11.2. The van der Waals surface area contributed by atoms with Gasteiger partial charge in [-0.2, -0.15) is 4.98 Å². The number of piperidine rings is 1. The third kappa shape index (κ3) is 2.63. The van der Waals surface area contributed by atoms with Crippen LogP contribution in [0.25, 0.3) is 0 Å². The van der Waals surface area contributed by atoms with Crippen molar-refractivity contribution >= 4 is 5.91 Å². The maximum absolute atomic E-state index is 11.1. The van der Waals surface area contributed by atoms with Gasteiger partial charge in [-0.25, -0.2) is 0 Å². The van der Waals surface area contributed by atoms with Crippen LogP contribution in [0.4, 0.5) is 0 Å². The number of amides is 1. The maximum Gasteiger partial charge on any atom is 0.243 e. The van der Waals surface area contributed by atoms with Gasteiger partial charge in [0.15, 0.2) is 5.82 Å². The molecular formula is C13H20N4O2. The van der Waals surface area contributed by atoms with E-state index in [4.69, 9.17) is 10.3 Å². The first-order valence-electron chi connectivity index (χ1n) is 7.02. The lowest BCUT2D eigenvalue weighted by Gasteiger charge is -2.33. The van der Waals surface area contributed by atoms with Gasteiger partial charge in [-0.1, -0.05) is 5.16 Å². The molecule has 3 rings (SSSR count). The summed E-state index contributed by atoms with van der Waals surface area (Å²) in [5.41, 5.74) is 5.35. The third-order valence-electron chi connectivity index (χ3n) is 4.24. The Kier molecular flexibility index (Phi) is 3.26. The minimum Gasteiger partial charge on any atom is -0.369 e. The Labute approximate surface area is 112 Å². The van der Waals surface area contributed by atoms with Gasteiger partial charge < -0.3 is 10.3 Å². The van der Waals surface area contributed by atoms with E-state index in [-0.39, 0.29) is 17.9 Å². The molecule has 1 aromatic rings. The summed E-state index contributed by atoms with van der Waals surface area (Å²) in [7, 11) is 0. The van der Waals surface area contributed by atoms with Gasteiger partial charge in [0.1, 0.15) is 0 Å². The Morgan fingerprint density at radius 2 is 2.05 bits per heavy atom. The van der Waals surface area contributed by atoms with Crippen LogP contribution < -0.4 is 5.73 Å². The van der Waals surface area contributed by atoms with Gasteiger partial charge in [0.2, 0.25) is 11.8 Å². The van der Waals surface area contributed by atoms with Gasteiger partial charge in [0.05, 0.1) is 6.04 Å². The van der Waals surface area contributed by atoms with E-state index in [2.05, 4.69) is 22.0 Å². The van der Waals surface area contributed by atoms with Crippen LogP contribution in [0.3, 0.4) is 0 Å². The van der Waals surface area contributed by atoms with E-state index in [1.807, 2.05) is 0 Å². The lowest BCUT2D eigenvalue weighted by atomic mass is 9.95. The molecule has 1 amide bonds. The zero-order chi connectivity index (χ0) is 13.4.